The molecule has 2 amide bonds. The van der Waals surface area contributed by atoms with Crippen LogP contribution in [0.5, 0.6) is 5.75 Å². The highest BCUT2D eigenvalue weighted by Crippen LogP contribution is 2.27. The second-order valence-electron chi connectivity index (χ2n) is 10.0. The van der Waals surface area contributed by atoms with Gasteiger partial charge in [0.05, 0.1) is 18.3 Å². The van der Waals surface area contributed by atoms with Crippen LogP contribution in [0.15, 0.2) is 41.5 Å². The lowest BCUT2D eigenvalue weighted by atomic mass is 9.88. The number of ether oxygens (including phenoxy) is 3. The molecule has 1 aliphatic rings. The fraction of sp³-hybridized carbons (Fsp3) is 0.571. The molecule has 2 bridgehead atoms. The maximum Gasteiger partial charge on any atom is 0.405 e. The van der Waals surface area contributed by atoms with Gasteiger partial charge in [-0.05, 0) is 68.7 Å². The molecule has 9 nitrogen and oxygen atoms in total. The number of fused-ring (bicyclic) bond motifs is 2. The first-order valence-electron chi connectivity index (χ1n) is 12.6. The van der Waals surface area contributed by atoms with Crippen LogP contribution in [0.2, 0.25) is 0 Å². The zero-order valence-corrected chi connectivity index (χ0v) is 22.7. The highest BCUT2D eigenvalue weighted by atomic mass is 16.6. The van der Waals surface area contributed by atoms with Crippen LogP contribution in [0.4, 0.5) is 10.5 Å². The Balaban J connectivity index is 2.47. The van der Waals surface area contributed by atoms with Crippen LogP contribution in [0.1, 0.15) is 52.5 Å². The third-order valence-electron chi connectivity index (χ3n) is 6.79. The molecule has 0 aromatic heterocycles. The van der Waals surface area contributed by atoms with Crippen molar-refractivity contribution in [3.8, 4) is 5.75 Å². The van der Waals surface area contributed by atoms with Gasteiger partial charge in [0.25, 0.3) is 5.91 Å². The number of carbonyl (C=O) groups is 2. The van der Waals surface area contributed by atoms with Crippen molar-refractivity contribution in [3.63, 3.8) is 0 Å². The van der Waals surface area contributed by atoms with E-state index in [1.807, 2.05) is 32.9 Å². The largest absolute Gasteiger partial charge is 0.508 e. The van der Waals surface area contributed by atoms with Gasteiger partial charge in [-0.25, -0.2) is 4.79 Å². The minimum Gasteiger partial charge on any atom is -0.508 e. The van der Waals surface area contributed by atoms with Crippen LogP contribution >= 0.6 is 0 Å². The lowest BCUT2D eigenvalue weighted by Gasteiger charge is -2.30. The second-order valence-corrected chi connectivity index (χ2v) is 10.0. The van der Waals surface area contributed by atoms with Gasteiger partial charge in [0, 0.05) is 37.5 Å². The number of allylic oxidation sites excluding steroid dienone is 1. The average molecular weight is 519 g/mol. The summed E-state index contributed by atoms with van der Waals surface area (Å²) in [6.45, 7) is 7.44. The standard InChI is InChI=1S/C28H42N2O7/c1-16-10-20-13-21(15-22(31)14-20)30-27(33)17(2)8-7-9-23(35-5)26(37-28(29)34)19(4)12-18(3)25(32)24(11-16)36-6/h8,12-16,18,23-26,31-32H,7,9-11H2,1-6H3,(H2,29,34)(H,30,33)/b17-8+,19-12+/t16-,18?,23+,24+,25-,26+/m1/s1. The van der Waals surface area contributed by atoms with Crippen molar-refractivity contribution in [1.82, 2.24) is 0 Å². The maximum absolute atomic E-state index is 12.8. The van der Waals surface area contributed by atoms with Crippen LogP contribution in [0.3, 0.4) is 0 Å². The first-order chi connectivity index (χ1) is 17.4. The predicted molar refractivity (Wildman–Crippen MR) is 142 cm³/mol. The van der Waals surface area contributed by atoms with Crippen LogP contribution in [-0.4, -0.2) is 60.8 Å². The van der Waals surface area contributed by atoms with Crippen molar-refractivity contribution < 1.29 is 34.0 Å². The Hall–Kier alpha value is -2.88. The molecule has 1 aromatic rings. The molecule has 1 aromatic carbocycles. The predicted octanol–water partition coefficient (Wildman–Crippen LogP) is 4.08. The van der Waals surface area contributed by atoms with Gasteiger partial charge >= 0.3 is 6.09 Å². The summed E-state index contributed by atoms with van der Waals surface area (Å²) in [6.07, 6.45) is 2.29. The van der Waals surface area contributed by atoms with Gasteiger partial charge in [-0.2, -0.15) is 0 Å². The molecule has 37 heavy (non-hydrogen) atoms. The molecule has 9 heteroatoms. The van der Waals surface area contributed by atoms with E-state index in [2.05, 4.69) is 5.32 Å². The van der Waals surface area contributed by atoms with Gasteiger partial charge in [0.2, 0.25) is 0 Å². The molecule has 0 spiro atoms. The molecule has 2 rings (SSSR count). The van der Waals surface area contributed by atoms with Crippen molar-refractivity contribution in [2.45, 2.75) is 77.8 Å². The molecular weight excluding hydrogens is 476 g/mol. The van der Waals surface area contributed by atoms with Crippen molar-refractivity contribution in [1.29, 1.82) is 0 Å². The van der Waals surface area contributed by atoms with Crippen molar-refractivity contribution in [2.75, 3.05) is 19.5 Å². The molecule has 0 saturated heterocycles. The zero-order chi connectivity index (χ0) is 27.7. The minimum atomic E-state index is -0.925. The van der Waals surface area contributed by atoms with Crippen LogP contribution in [0, 0.1) is 11.8 Å². The number of amides is 2. The smallest absolute Gasteiger partial charge is 0.405 e. The number of benzene rings is 1. The summed E-state index contributed by atoms with van der Waals surface area (Å²) in [6, 6.07) is 5.02. The monoisotopic (exact) mass is 518 g/mol. The molecule has 1 unspecified atom stereocenters. The number of rotatable bonds is 3. The Morgan fingerprint density at radius 1 is 1.11 bits per heavy atom. The lowest BCUT2D eigenvalue weighted by molar-refractivity contribution is -0.112. The minimum absolute atomic E-state index is 0.0634. The van der Waals surface area contributed by atoms with Gasteiger partial charge in [-0.3, -0.25) is 4.79 Å². The first-order valence-corrected chi connectivity index (χ1v) is 12.6. The maximum atomic E-state index is 12.8. The molecule has 1 heterocycles. The second kappa shape index (κ2) is 14.2. The van der Waals surface area contributed by atoms with Crippen LogP contribution in [-0.2, 0) is 25.4 Å². The Morgan fingerprint density at radius 3 is 2.41 bits per heavy atom. The highest BCUT2D eigenvalue weighted by Gasteiger charge is 2.30. The number of primary amides is 1. The summed E-state index contributed by atoms with van der Waals surface area (Å²) in [4.78, 5) is 24.4. The van der Waals surface area contributed by atoms with Gasteiger partial charge < -0.3 is 35.5 Å². The topological polar surface area (TPSA) is 140 Å². The molecule has 0 aliphatic carbocycles. The van der Waals surface area contributed by atoms with E-state index in [-0.39, 0.29) is 23.5 Å². The normalized spacial score (nSPS) is 31.4. The van der Waals surface area contributed by atoms with Crippen molar-refractivity contribution in [2.24, 2.45) is 17.6 Å². The van der Waals surface area contributed by atoms with E-state index in [4.69, 9.17) is 19.9 Å². The molecule has 206 valence electrons. The number of methoxy groups -OCH3 is 2. The van der Waals surface area contributed by atoms with Gasteiger partial charge in [0.15, 0.2) is 6.10 Å². The van der Waals surface area contributed by atoms with Crippen LogP contribution in [0.25, 0.3) is 0 Å². The number of hydrogen-bond donors (Lipinski definition) is 4. The number of aromatic hydroxyl groups is 1. The summed E-state index contributed by atoms with van der Waals surface area (Å²) in [5.41, 5.74) is 7.92. The summed E-state index contributed by atoms with van der Waals surface area (Å²) in [5.74, 6) is -0.427. The molecular formula is C28H42N2O7. The lowest BCUT2D eigenvalue weighted by Crippen LogP contribution is -2.37. The molecule has 0 fully saturated rings. The van der Waals surface area contributed by atoms with Crippen LogP contribution < -0.4 is 11.1 Å². The third kappa shape index (κ3) is 9.18. The van der Waals surface area contributed by atoms with E-state index in [9.17, 15) is 19.8 Å². The Kier molecular flexibility index (Phi) is 11.6. The number of nitrogens with two attached hydrogens (primary N) is 1. The number of carbonyl (C=O) groups excluding carboxylic acids is 2. The Morgan fingerprint density at radius 2 is 1.78 bits per heavy atom. The number of anilines is 1. The quantitative estimate of drug-likeness (QED) is 0.442. The summed E-state index contributed by atoms with van der Waals surface area (Å²) < 4.78 is 16.7. The van der Waals surface area contributed by atoms with E-state index in [0.717, 1.165) is 5.56 Å². The number of nitrogens with one attached hydrogen (secondary N) is 1. The van der Waals surface area contributed by atoms with E-state index < -0.39 is 30.5 Å². The molecule has 1 aliphatic heterocycles. The summed E-state index contributed by atoms with van der Waals surface area (Å²) >= 11 is 0. The number of phenolic OH excluding ortho intramolecular Hbond substituents is 1. The van der Waals surface area contributed by atoms with Gasteiger partial charge in [-0.1, -0.05) is 26.0 Å². The summed E-state index contributed by atoms with van der Waals surface area (Å²) in [7, 11) is 3.09. The fourth-order valence-corrected chi connectivity index (χ4v) is 4.83. The molecule has 0 radical (unpaired) electrons. The highest BCUT2D eigenvalue weighted by molar-refractivity contribution is 6.03. The summed E-state index contributed by atoms with van der Waals surface area (Å²) in [5, 5.41) is 24.2. The average Bonchev–Trinajstić information content (AvgIpc) is 2.82. The number of aliphatic hydroxyl groups excluding tert-OH is 1. The van der Waals surface area contributed by atoms with E-state index in [1.54, 1.807) is 26.2 Å². The van der Waals surface area contributed by atoms with E-state index in [0.29, 0.717) is 42.5 Å². The van der Waals surface area contributed by atoms with Gasteiger partial charge in [-0.15, -0.1) is 0 Å². The molecule has 5 N–H and O–H groups in total. The zero-order valence-electron chi connectivity index (χ0n) is 22.7. The number of hydrogen-bond acceptors (Lipinski definition) is 7. The molecule has 0 saturated carbocycles. The van der Waals surface area contributed by atoms with E-state index >= 15 is 0 Å². The number of phenols is 1. The van der Waals surface area contributed by atoms with E-state index in [1.165, 1.54) is 13.2 Å². The Bertz CT molecular complexity index is 991. The van der Waals surface area contributed by atoms with Gasteiger partial charge in [0.1, 0.15) is 5.75 Å². The Labute approximate surface area is 219 Å². The van der Waals surface area contributed by atoms with Crippen molar-refractivity contribution in [3.05, 3.63) is 47.1 Å². The SMILES string of the molecule is CO[C@H]1C[C@H](C)Cc2cc(O)cc(c2)NC(=O)/C(C)=C/CC[C@H](OC)[C@@H](OC(N)=O)/C(C)=C/C(C)[C@H]1O. The van der Waals surface area contributed by atoms with Crippen molar-refractivity contribution >= 4 is 17.7 Å². The number of aliphatic hydroxyl groups is 1. The fourth-order valence-electron chi connectivity index (χ4n) is 4.83. The molecule has 6 atom stereocenters. The first kappa shape index (κ1) is 30.3. The third-order valence-corrected chi connectivity index (χ3v) is 6.79.